The van der Waals surface area contributed by atoms with Gasteiger partial charge in [0.15, 0.2) is 5.84 Å². The van der Waals surface area contributed by atoms with Crippen LogP contribution in [0.2, 0.25) is 0 Å². The van der Waals surface area contributed by atoms with Crippen molar-refractivity contribution in [2.45, 2.75) is 6.17 Å². The van der Waals surface area contributed by atoms with Crippen LogP contribution in [0.4, 0.5) is 0 Å². The van der Waals surface area contributed by atoms with Gasteiger partial charge in [-0.3, -0.25) is 0 Å². The summed E-state index contributed by atoms with van der Waals surface area (Å²) in [4.78, 5) is 10.3. The molecular formula is C51H32N4OS. The van der Waals surface area contributed by atoms with Crippen LogP contribution in [0, 0.1) is 0 Å². The first-order valence-electron chi connectivity index (χ1n) is 19.2. The zero-order valence-electron chi connectivity index (χ0n) is 30.6. The number of rotatable bonds is 5. The first-order valence-corrected chi connectivity index (χ1v) is 20.0. The predicted octanol–water partition coefficient (Wildman–Crippen LogP) is 13.2. The van der Waals surface area contributed by atoms with E-state index in [1.54, 1.807) is 0 Å². The zero-order valence-corrected chi connectivity index (χ0v) is 31.4. The summed E-state index contributed by atoms with van der Waals surface area (Å²) in [7, 11) is 0. The lowest BCUT2D eigenvalue weighted by atomic mass is 9.97. The lowest BCUT2D eigenvalue weighted by Crippen LogP contribution is -2.33. The van der Waals surface area contributed by atoms with Gasteiger partial charge < -0.3 is 14.3 Å². The fraction of sp³-hybridized carbons (Fsp3) is 0.0196. The van der Waals surface area contributed by atoms with E-state index in [9.17, 15) is 0 Å². The summed E-state index contributed by atoms with van der Waals surface area (Å²) in [6.07, 6.45) is -0.261. The molecular weight excluding hydrogens is 717 g/mol. The van der Waals surface area contributed by atoms with Crippen molar-refractivity contribution < 1.29 is 4.42 Å². The Morgan fingerprint density at radius 2 is 1.21 bits per heavy atom. The summed E-state index contributed by atoms with van der Waals surface area (Å²) in [6.45, 7) is 0. The molecule has 6 heteroatoms. The van der Waals surface area contributed by atoms with Gasteiger partial charge in [0.1, 0.15) is 23.2 Å². The Balaban J connectivity index is 1.04. The number of nitrogens with zero attached hydrogens (tertiary/aromatic N) is 3. The molecule has 268 valence electrons. The molecule has 1 aliphatic rings. The smallest absolute Gasteiger partial charge is 0.159 e. The van der Waals surface area contributed by atoms with Crippen LogP contribution in [0.1, 0.15) is 22.9 Å². The number of aromatic nitrogens is 1. The molecule has 8 aromatic carbocycles. The van der Waals surface area contributed by atoms with Crippen molar-refractivity contribution >= 4 is 86.9 Å². The molecule has 0 fully saturated rings. The maximum absolute atomic E-state index is 6.57. The van der Waals surface area contributed by atoms with Crippen LogP contribution in [0.5, 0.6) is 0 Å². The summed E-state index contributed by atoms with van der Waals surface area (Å²) >= 11 is 1.82. The average molecular weight is 749 g/mol. The van der Waals surface area contributed by atoms with E-state index < -0.39 is 0 Å². The summed E-state index contributed by atoms with van der Waals surface area (Å²) in [6, 6.07) is 64.4. The van der Waals surface area contributed by atoms with Crippen LogP contribution in [0.3, 0.4) is 0 Å². The van der Waals surface area contributed by atoms with Gasteiger partial charge in [-0.05, 0) is 77.4 Å². The van der Waals surface area contributed by atoms with Gasteiger partial charge >= 0.3 is 0 Å². The Morgan fingerprint density at radius 1 is 0.509 bits per heavy atom. The van der Waals surface area contributed by atoms with Crippen LogP contribution in [0.15, 0.2) is 196 Å². The number of hydrogen-bond acceptors (Lipinski definition) is 5. The van der Waals surface area contributed by atoms with E-state index >= 15 is 0 Å². The van der Waals surface area contributed by atoms with Gasteiger partial charge in [-0.25, -0.2) is 9.98 Å². The number of nitrogens with one attached hydrogen (secondary N) is 1. The van der Waals surface area contributed by atoms with Crippen LogP contribution in [-0.4, -0.2) is 16.2 Å². The summed E-state index contributed by atoms with van der Waals surface area (Å²) in [5.41, 5.74) is 10.6. The van der Waals surface area contributed by atoms with E-state index in [-0.39, 0.29) is 6.17 Å². The van der Waals surface area contributed by atoms with Crippen LogP contribution in [0.25, 0.3) is 80.7 Å². The molecule has 12 rings (SSSR count). The molecule has 0 spiro atoms. The van der Waals surface area contributed by atoms with Crippen molar-refractivity contribution in [2.75, 3.05) is 0 Å². The van der Waals surface area contributed by atoms with Gasteiger partial charge in [0.2, 0.25) is 0 Å². The highest BCUT2D eigenvalue weighted by Gasteiger charge is 2.23. The maximum Gasteiger partial charge on any atom is 0.159 e. The third-order valence-electron chi connectivity index (χ3n) is 11.3. The van der Waals surface area contributed by atoms with E-state index in [0.717, 1.165) is 55.7 Å². The Bertz CT molecular complexity index is 3390. The predicted molar refractivity (Wildman–Crippen MR) is 238 cm³/mol. The molecule has 1 unspecified atom stereocenters. The number of thiophene rings is 1. The molecule has 3 aromatic heterocycles. The van der Waals surface area contributed by atoms with E-state index in [2.05, 4.69) is 168 Å². The summed E-state index contributed by atoms with van der Waals surface area (Å²) in [5.74, 6) is 1.52. The fourth-order valence-corrected chi connectivity index (χ4v) is 9.79. The lowest BCUT2D eigenvalue weighted by Gasteiger charge is -2.23. The number of furan rings is 1. The lowest BCUT2D eigenvalue weighted by molar-refractivity contribution is 0.669. The number of hydrogen-bond donors (Lipinski definition) is 1. The van der Waals surface area contributed by atoms with Crippen molar-refractivity contribution in [1.82, 2.24) is 9.88 Å². The number of amidine groups is 2. The van der Waals surface area contributed by atoms with Gasteiger partial charge in [-0.15, -0.1) is 11.3 Å². The van der Waals surface area contributed by atoms with E-state index in [0.29, 0.717) is 5.84 Å². The third kappa shape index (κ3) is 5.08. The quantitative estimate of drug-likeness (QED) is 0.191. The fourth-order valence-electron chi connectivity index (χ4n) is 8.68. The van der Waals surface area contributed by atoms with E-state index in [1.165, 1.54) is 47.5 Å². The zero-order chi connectivity index (χ0) is 37.5. The highest BCUT2D eigenvalue weighted by molar-refractivity contribution is 7.26. The molecule has 57 heavy (non-hydrogen) atoms. The molecule has 0 amide bonds. The standard InChI is InChI=1S/C51H32N4OS/c1-3-13-31(14-4-1)49-52-50(32-15-5-2-6-16-32)54-51(53-49)34-26-28-45-39(30-34)47-35(19-11-24-46(47)57-45)33-25-27-43-38(29-33)48-42(22-12-23-44(48)56-43)55-40-20-9-7-17-36(40)37-18-8-10-21-41(37)55/h1-30,49H,(H,52,53,54). The van der Waals surface area contributed by atoms with E-state index in [1.807, 2.05) is 35.6 Å². The highest BCUT2D eigenvalue weighted by atomic mass is 32.1. The minimum atomic E-state index is -0.261. The van der Waals surface area contributed by atoms with Crippen molar-refractivity contribution in [1.29, 1.82) is 0 Å². The molecule has 0 bridgehead atoms. The van der Waals surface area contributed by atoms with E-state index in [4.69, 9.17) is 14.4 Å². The summed E-state index contributed by atoms with van der Waals surface area (Å²) in [5, 5.41) is 10.7. The molecule has 0 saturated heterocycles. The van der Waals surface area contributed by atoms with Crippen LogP contribution >= 0.6 is 11.3 Å². The number of fused-ring (bicyclic) bond motifs is 9. The first kappa shape index (κ1) is 32.0. The first-order chi connectivity index (χ1) is 28.2. The second-order valence-corrected chi connectivity index (χ2v) is 15.6. The Morgan fingerprint density at radius 3 is 2.02 bits per heavy atom. The number of benzene rings is 8. The molecule has 4 heterocycles. The Kier molecular flexibility index (Phi) is 7.09. The van der Waals surface area contributed by atoms with Crippen LogP contribution in [-0.2, 0) is 0 Å². The minimum absolute atomic E-state index is 0.261. The Labute approximate surface area is 331 Å². The normalized spacial score (nSPS) is 14.5. The number of aliphatic imine (C=N–C) groups is 2. The second kappa shape index (κ2) is 12.6. The molecule has 11 aromatic rings. The van der Waals surface area contributed by atoms with Crippen molar-refractivity contribution in [3.63, 3.8) is 0 Å². The average Bonchev–Trinajstić information content (AvgIpc) is 3.96. The number of para-hydroxylation sites is 2. The second-order valence-electron chi connectivity index (χ2n) is 14.6. The van der Waals surface area contributed by atoms with Crippen molar-refractivity contribution in [2.24, 2.45) is 9.98 Å². The monoisotopic (exact) mass is 748 g/mol. The molecule has 0 radical (unpaired) electrons. The maximum atomic E-state index is 6.57. The van der Waals surface area contributed by atoms with Gasteiger partial charge in [0.05, 0.1) is 22.1 Å². The van der Waals surface area contributed by atoms with Gasteiger partial charge in [0, 0.05) is 47.5 Å². The minimum Gasteiger partial charge on any atom is -0.456 e. The van der Waals surface area contributed by atoms with Gasteiger partial charge in [-0.2, -0.15) is 0 Å². The van der Waals surface area contributed by atoms with Crippen molar-refractivity contribution in [3.8, 4) is 16.8 Å². The Hall–Kier alpha value is -7.28. The molecule has 0 saturated carbocycles. The SMILES string of the molecule is c1ccc(C2=NC(c3ccc4sc5cccc(-c6ccc7oc8cccc(-n9c%10ccccc%10c%10ccccc%109)c8c7c6)c5c4c3)=NC(c3ccccc3)N2)cc1. The van der Waals surface area contributed by atoms with Crippen LogP contribution < -0.4 is 5.32 Å². The van der Waals surface area contributed by atoms with Crippen molar-refractivity contribution in [3.05, 3.63) is 199 Å². The molecule has 1 aliphatic heterocycles. The summed E-state index contributed by atoms with van der Waals surface area (Å²) < 4.78 is 11.4. The molecule has 1 atom stereocenters. The largest absolute Gasteiger partial charge is 0.456 e. The topological polar surface area (TPSA) is 54.8 Å². The molecule has 0 aliphatic carbocycles. The molecule has 1 N–H and O–H groups in total. The van der Waals surface area contributed by atoms with Gasteiger partial charge in [0.25, 0.3) is 0 Å². The van der Waals surface area contributed by atoms with Gasteiger partial charge in [-0.1, -0.05) is 121 Å². The third-order valence-corrected chi connectivity index (χ3v) is 12.4. The molecule has 5 nitrogen and oxygen atoms in total. The highest BCUT2D eigenvalue weighted by Crippen LogP contribution is 2.44.